The van der Waals surface area contributed by atoms with E-state index in [9.17, 15) is 43.2 Å². The highest BCUT2D eigenvalue weighted by atomic mass is 31.2. The number of carbonyl (C=O) groups excluding carboxylic acids is 4. The molecule has 0 fully saturated rings. The summed E-state index contributed by atoms with van der Waals surface area (Å²) >= 11 is 0. The van der Waals surface area contributed by atoms with Crippen molar-refractivity contribution in [1.29, 1.82) is 0 Å². The van der Waals surface area contributed by atoms with Crippen molar-refractivity contribution in [2.45, 2.75) is 331 Å². The van der Waals surface area contributed by atoms with Crippen LogP contribution in [0.25, 0.3) is 0 Å². The van der Waals surface area contributed by atoms with Gasteiger partial charge in [0.15, 0.2) is 12.2 Å². The number of hydrogen-bond acceptors (Lipinski definition) is 15. The Morgan fingerprint density at radius 1 is 0.298 bits per heavy atom. The minimum Gasteiger partial charge on any atom is -0.462 e. The number of aliphatic hydroxyl groups is 1. The predicted molar refractivity (Wildman–Crippen MR) is 335 cm³/mol. The van der Waals surface area contributed by atoms with Gasteiger partial charge in [-0.2, -0.15) is 0 Å². The van der Waals surface area contributed by atoms with E-state index in [4.69, 9.17) is 37.0 Å². The van der Waals surface area contributed by atoms with Gasteiger partial charge in [-0.1, -0.05) is 261 Å². The molecule has 0 bridgehead atoms. The number of aliphatic hydroxyl groups excluding tert-OH is 1. The lowest BCUT2D eigenvalue weighted by molar-refractivity contribution is -0.161. The lowest BCUT2D eigenvalue weighted by atomic mass is 10.0. The standard InChI is InChI=1S/C65H126O17P2/c1-55(2)41-33-25-17-11-9-10-12-20-29-37-45-62(67)75-52-61(82-65(70)48-40-32-24-23-28-36-44-58(7)8)54-80-84(73,74)78-50-59(66)49-77-83(71,72)79-53-60(81-64(69)47-39-31-22-16-14-19-27-35-43-57(5)6)51-76-63(68)46-38-30-21-15-13-18-26-34-42-56(3)4/h55-61,66H,9-54H2,1-8H3,(H,71,72)(H,73,74)/t59?,60-,61-/m1/s1. The molecular weight excluding hydrogens is 1110 g/mol. The topological polar surface area (TPSA) is 237 Å². The summed E-state index contributed by atoms with van der Waals surface area (Å²) in [6.45, 7) is 13.9. The van der Waals surface area contributed by atoms with E-state index in [-0.39, 0.29) is 25.7 Å². The van der Waals surface area contributed by atoms with E-state index in [0.29, 0.717) is 31.6 Å². The van der Waals surface area contributed by atoms with E-state index < -0.39 is 97.5 Å². The van der Waals surface area contributed by atoms with Gasteiger partial charge in [0, 0.05) is 25.7 Å². The molecule has 0 heterocycles. The van der Waals surface area contributed by atoms with Gasteiger partial charge in [-0.15, -0.1) is 0 Å². The van der Waals surface area contributed by atoms with Gasteiger partial charge in [-0.05, 0) is 49.4 Å². The Hall–Kier alpha value is -1.94. The van der Waals surface area contributed by atoms with Gasteiger partial charge >= 0.3 is 39.5 Å². The number of unbranched alkanes of at least 4 members (excludes halogenated alkanes) is 28. The van der Waals surface area contributed by atoms with Crippen LogP contribution in [0.4, 0.5) is 0 Å². The first-order chi connectivity index (χ1) is 40.1. The molecule has 0 aliphatic carbocycles. The van der Waals surface area contributed by atoms with E-state index in [2.05, 4.69) is 55.4 Å². The molecular formula is C65H126O17P2. The van der Waals surface area contributed by atoms with Gasteiger partial charge in [0.1, 0.15) is 19.3 Å². The maximum absolute atomic E-state index is 13.0. The highest BCUT2D eigenvalue weighted by molar-refractivity contribution is 7.47. The summed E-state index contributed by atoms with van der Waals surface area (Å²) < 4.78 is 68.0. The maximum Gasteiger partial charge on any atom is 0.472 e. The van der Waals surface area contributed by atoms with Crippen molar-refractivity contribution in [1.82, 2.24) is 0 Å². The van der Waals surface area contributed by atoms with E-state index in [1.54, 1.807) is 0 Å². The van der Waals surface area contributed by atoms with Crippen LogP contribution in [0.3, 0.4) is 0 Å². The van der Waals surface area contributed by atoms with Crippen LogP contribution in [0, 0.1) is 23.7 Å². The first-order valence-electron chi connectivity index (χ1n) is 33.7. The van der Waals surface area contributed by atoms with E-state index in [1.807, 2.05) is 0 Å². The second-order valence-corrected chi connectivity index (χ2v) is 28.3. The smallest absolute Gasteiger partial charge is 0.462 e. The van der Waals surface area contributed by atoms with Gasteiger partial charge in [0.05, 0.1) is 26.4 Å². The minimum absolute atomic E-state index is 0.101. The predicted octanol–water partition coefficient (Wildman–Crippen LogP) is 17.8. The zero-order valence-corrected chi connectivity index (χ0v) is 56.3. The summed E-state index contributed by atoms with van der Waals surface area (Å²) in [5, 5.41) is 10.5. The number of esters is 4. The summed E-state index contributed by atoms with van der Waals surface area (Å²) in [5.74, 6) is 0.730. The van der Waals surface area contributed by atoms with Gasteiger partial charge in [-0.25, -0.2) is 9.13 Å². The Labute approximate surface area is 511 Å². The molecule has 0 saturated heterocycles. The molecule has 0 aliphatic heterocycles. The van der Waals surface area contributed by atoms with Crippen molar-refractivity contribution in [2.75, 3.05) is 39.6 Å². The molecule has 0 aromatic heterocycles. The second-order valence-electron chi connectivity index (χ2n) is 25.4. The normalized spacial score (nSPS) is 14.4. The summed E-state index contributed by atoms with van der Waals surface area (Å²) in [4.78, 5) is 72.2. The van der Waals surface area contributed by atoms with Crippen molar-refractivity contribution in [3.63, 3.8) is 0 Å². The fourth-order valence-electron chi connectivity index (χ4n) is 9.61. The second kappa shape index (κ2) is 55.2. The third-order valence-electron chi connectivity index (χ3n) is 14.8. The Balaban J connectivity index is 5.23. The van der Waals surface area contributed by atoms with Gasteiger partial charge < -0.3 is 33.8 Å². The summed E-state index contributed by atoms with van der Waals surface area (Å²) in [5.41, 5.74) is 0. The van der Waals surface area contributed by atoms with Gasteiger partial charge in [0.2, 0.25) is 0 Å². The molecule has 0 rings (SSSR count). The number of hydrogen-bond donors (Lipinski definition) is 3. The Bertz CT molecular complexity index is 1680. The first kappa shape index (κ1) is 82.1. The summed E-state index contributed by atoms with van der Waals surface area (Å²) in [7, 11) is -9.89. The first-order valence-corrected chi connectivity index (χ1v) is 36.7. The highest BCUT2D eigenvalue weighted by Gasteiger charge is 2.30. The van der Waals surface area contributed by atoms with Crippen LogP contribution >= 0.6 is 15.6 Å². The average Bonchev–Trinajstić information content (AvgIpc) is 3.52. The largest absolute Gasteiger partial charge is 0.472 e. The molecule has 0 radical (unpaired) electrons. The molecule has 17 nitrogen and oxygen atoms in total. The van der Waals surface area contributed by atoms with Crippen LogP contribution in [0.1, 0.15) is 312 Å². The van der Waals surface area contributed by atoms with Crippen molar-refractivity contribution < 1.29 is 80.2 Å². The lowest BCUT2D eigenvalue weighted by Gasteiger charge is -2.21. The van der Waals surface area contributed by atoms with Crippen LogP contribution < -0.4 is 0 Å². The van der Waals surface area contributed by atoms with Crippen molar-refractivity contribution in [2.24, 2.45) is 23.7 Å². The average molecular weight is 1240 g/mol. The molecule has 0 saturated carbocycles. The van der Waals surface area contributed by atoms with Gasteiger partial charge in [-0.3, -0.25) is 37.3 Å². The van der Waals surface area contributed by atoms with Crippen molar-refractivity contribution in [3.05, 3.63) is 0 Å². The van der Waals surface area contributed by atoms with Crippen LogP contribution in [0.5, 0.6) is 0 Å². The quantitative estimate of drug-likeness (QED) is 0.0222. The molecule has 0 amide bonds. The highest BCUT2D eigenvalue weighted by Crippen LogP contribution is 2.45. The molecule has 84 heavy (non-hydrogen) atoms. The van der Waals surface area contributed by atoms with E-state index in [1.165, 1.54) is 116 Å². The molecule has 3 unspecified atom stereocenters. The number of carbonyl (C=O) groups is 4. The SMILES string of the molecule is CC(C)CCCCCCCCCCCCC(=O)OC[C@H](COP(=O)(O)OCC(O)COP(=O)(O)OC[C@@H](COC(=O)CCCCCCCCCCC(C)C)OC(=O)CCCCCCCCCCC(C)C)OC(=O)CCCCCCCCC(C)C. The third-order valence-corrected chi connectivity index (χ3v) is 16.7. The van der Waals surface area contributed by atoms with Crippen LogP contribution in [0.2, 0.25) is 0 Å². The zero-order chi connectivity index (χ0) is 62.5. The molecule has 5 atom stereocenters. The molecule has 19 heteroatoms. The Morgan fingerprint density at radius 3 is 0.738 bits per heavy atom. The van der Waals surface area contributed by atoms with Gasteiger partial charge in [0.25, 0.3) is 0 Å². The fraction of sp³-hybridized carbons (Fsp3) is 0.938. The van der Waals surface area contributed by atoms with Crippen LogP contribution in [-0.2, 0) is 65.4 Å². The molecule has 498 valence electrons. The molecule has 0 spiro atoms. The van der Waals surface area contributed by atoms with Crippen LogP contribution in [0.15, 0.2) is 0 Å². The summed E-state index contributed by atoms with van der Waals surface area (Å²) in [6, 6.07) is 0. The number of phosphoric ester groups is 2. The third kappa shape index (κ3) is 59.0. The number of phosphoric acid groups is 2. The number of ether oxygens (including phenoxy) is 4. The van der Waals surface area contributed by atoms with E-state index >= 15 is 0 Å². The molecule has 3 N–H and O–H groups in total. The molecule has 0 aliphatic rings. The van der Waals surface area contributed by atoms with Crippen molar-refractivity contribution in [3.8, 4) is 0 Å². The zero-order valence-electron chi connectivity index (χ0n) is 54.5. The molecule has 0 aromatic carbocycles. The van der Waals surface area contributed by atoms with E-state index in [0.717, 1.165) is 108 Å². The maximum atomic E-state index is 13.0. The Kier molecular flexibility index (Phi) is 53.9. The number of rotatable bonds is 62. The summed E-state index contributed by atoms with van der Waals surface area (Å²) in [6.07, 6.45) is 35.1. The fourth-order valence-corrected chi connectivity index (χ4v) is 11.2. The molecule has 0 aromatic rings. The van der Waals surface area contributed by atoms with Crippen LogP contribution in [-0.4, -0.2) is 96.7 Å². The Morgan fingerprint density at radius 2 is 0.500 bits per heavy atom. The lowest BCUT2D eigenvalue weighted by Crippen LogP contribution is -2.30. The minimum atomic E-state index is -4.95. The monoisotopic (exact) mass is 1240 g/mol. The van der Waals surface area contributed by atoms with Crippen molar-refractivity contribution >= 4 is 39.5 Å².